The van der Waals surface area contributed by atoms with Crippen LogP contribution >= 0.6 is 11.6 Å². The van der Waals surface area contributed by atoms with E-state index >= 15 is 0 Å². The number of fused-ring (bicyclic) bond motifs is 1. The number of carbonyl (C=O) groups is 1. The highest BCUT2D eigenvalue weighted by Gasteiger charge is 2.16. The van der Waals surface area contributed by atoms with Crippen LogP contribution in [0.15, 0.2) is 47.5 Å². The number of para-hydroxylation sites is 1. The zero-order valence-electron chi connectivity index (χ0n) is 11.2. The third kappa shape index (κ3) is 2.76. The Morgan fingerprint density at radius 3 is 2.90 bits per heavy atom. The maximum Gasteiger partial charge on any atom is 0.335 e. The average molecular weight is 301 g/mol. The summed E-state index contributed by atoms with van der Waals surface area (Å²) in [6.07, 6.45) is 1.85. The Hall–Kier alpha value is -2.33. The summed E-state index contributed by atoms with van der Waals surface area (Å²) >= 11 is 6.19. The van der Waals surface area contributed by atoms with Crippen LogP contribution in [0.2, 0.25) is 5.02 Å². The van der Waals surface area contributed by atoms with E-state index in [0.717, 1.165) is 16.8 Å². The van der Waals surface area contributed by atoms with Crippen molar-refractivity contribution in [3.63, 3.8) is 0 Å². The van der Waals surface area contributed by atoms with Gasteiger partial charge in [0.05, 0.1) is 5.56 Å². The Morgan fingerprint density at radius 2 is 2.10 bits per heavy atom. The molecule has 2 aromatic carbocycles. The zero-order chi connectivity index (χ0) is 14.8. The van der Waals surface area contributed by atoms with E-state index in [0.29, 0.717) is 18.2 Å². The van der Waals surface area contributed by atoms with Crippen molar-refractivity contribution in [1.82, 2.24) is 0 Å². The molecule has 3 rings (SSSR count). The van der Waals surface area contributed by atoms with Gasteiger partial charge in [-0.25, -0.2) is 4.79 Å². The fourth-order valence-electron chi connectivity index (χ4n) is 2.37. The van der Waals surface area contributed by atoms with Crippen LogP contribution in [-0.4, -0.2) is 24.0 Å². The fourth-order valence-corrected chi connectivity index (χ4v) is 2.55. The van der Waals surface area contributed by atoms with Gasteiger partial charge in [0.15, 0.2) is 0 Å². The van der Waals surface area contributed by atoms with E-state index in [1.54, 1.807) is 12.1 Å². The van der Waals surface area contributed by atoms with Crippen molar-refractivity contribution in [2.45, 2.75) is 6.54 Å². The molecule has 5 heteroatoms. The number of aromatic carboxylic acids is 1. The highest BCUT2D eigenvalue weighted by molar-refractivity contribution is 6.31. The quantitative estimate of drug-likeness (QED) is 0.945. The molecule has 4 nitrogen and oxygen atoms in total. The molecule has 0 saturated carbocycles. The van der Waals surface area contributed by atoms with Gasteiger partial charge in [0.25, 0.3) is 0 Å². The van der Waals surface area contributed by atoms with Crippen LogP contribution in [0.5, 0.6) is 0 Å². The van der Waals surface area contributed by atoms with Gasteiger partial charge >= 0.3 is 5.97 Å². The molecule has 0 fully saturated rings. The first kappa shape index (κ1) is 13.6. The Balaban J connectivity index is 1.93. The first-order chi connectivity index (χ1) is 10.1. The number of nitrogens with zero attached hydrogens (tertiary/aromatic N) is 2. The van der Waals surface area contributed by atoms with Crippen LogP contribution in [0.3, 0.4) is 0 Å². The summed E-state index contributed by atoms with van der Waals surface area (Å²) in [7, 11) is 0. The normalized spacial score (nSPS) is 13.1. The summed E-state index contributed by atoms with van der Waals surface area (Å²) in [5, 5.41) is 9.65. The van der Waals surface area contributed by atoms with E-state index < -0.39 is 5.97 Å². The number of rotatable bonds is 3. The van der Waals surface area contributed by atoms with Gasteiger partial charge in [-0.1, -0.05) is 29.8 Å². The second-order valence-electron chi connectivity index (χ2n) is 4.82. The minimum Gasteiger partial charge on any atom is -0.478 e. The van der Waals surface area contributed by atoms with Crippen LogP contribution in [0.4, 0.5) is 5.69 Å². The van der Waals surface area contributed by atoms with Crippen molar-refractivity contribution >= 4 is 29.5 Å². The fraction of sp³-hybridized carbons (Fsp3) is 0.125. The van der Waals surface area contributed by atoms with Crippen LogP contribution in [0, 0.1) is 0 Å². The molecule has 1 N–H and O–H groups in total. The monoisotopic (exact) mass is 300 g/mol. The maximum absolute atomic E-state index is 11.1. The van der Waals surface area contributed by atoms with Crippen LogP contribution in [0.1, 0.15) is 21.5 Å². The van der Waals surface area contributed by atoms with Gasteiger partial charge in [-0.2, -0.15) is 0 Å². The third-order valence-corrected chi connectivity index (χ3v) is 3.78. The van der Waals surface area contributed by atoms with Crippen LogP contribution in [0.25, 0.3) is 0 Å². The third-order valence-electron chi connectivity index (χ3n) is 3.41. The van der Waals surface area contributed by atoms with E-state index in [1.165, 1.54) is 6.07 Å². The lowest BCUT2D eigenvalue weighted by Gasteiger charge is -2.27. The van der Waals surface area contributed by atoms with Crippen molar-refractivity contribution in [1.29, 1.82) is 0 Å². The number of hydrogen-bond donors (Lipinski definition) is 1. The molecule has 0 saturated heterocycles. The number of carboxylic acids is 1. The smallest absolute Gasteiger partial charge is 0.335 e. The van der Waals surface area contributed by atoms with Crippen molar-refractivity contribution in [2.24, 2.45) is 4.99 Å². The van der Waals surface area contributed by atoms with Gasteiger partial charge < -0.3 is 10.0 Å². The Kier molecular flexibility index (Phi) is 3.62. The Labute approximate surface area is 127 Å². The van der Waals surface area contributed by atoms with E-state index in [1.807, 2.05) is 30.5 Å². The van der Waals surface area contributed by atoms with Gasteiger partial charge in [-0.05, 0) is 29.8 Å². The number of anilines is 1. The highest BCUT2D eigenvalue weighted by atomic mass is 35.5. The summed E-state index contributed by atoms with van der Waals surface area (Å²) in [6, 6.07) is 12.7. The van der Waals surface area contributed by atoms with E-state index in [-0.39, 0.29) is 5.56 Å². The van der Waals surface area contributed by atoms with Crippen molar-refractivity contribution in [3.8, 4) is 0 Å². The van der Waals surface area contributed by atoms with Crippen molar-refractivity contribution in [2.75, 3.05) is 11.6 Å². The van der Waals surface area contributed by atoms with Gasteiger partial charge in [0.2, 0.25) is 0 Å². The second kappa shape index (κ2) is 5.58. The molecule has 106 valence electrons. The first-order valence-electron chi connectivity index (χ1n) is 6.50. The van der Waals surface area contributed by atoms with Gasteiger partial charge in [-0.15, -0.1) is 0 Å². The Bertz CT molecular complexity index is 728. The van der Waals surface area contributed by atoms with Crippen LogP contribution in [-0.2, 0) is 6.54 Å². The number of aliphatic imine (C=N–C) groups is 1. The minimum absolute atomic E-state index is 0.239. The molecule has 0 amide bonds. The molecule has 0 bridgehead atoms. The van der Waals surface area contributed by atoms with Gasteiger partial charge in [-0.3, -0.25) is 4.99 Å². The number of halogens is 1. The predicted molar refractivity (Wildman–Crippen MR) is 83.5 cm³/mol. The van der Waals surface area contributed by atoms with E-state index in [4.69, 9.17) is 16.7 Å². The largest absolute Gasteiger partial charge is 0.478 e. The maximum atomic E-state index is 11.1. The van der Waals surface area contributed by atoms with Crippen molar-refractivity contribution in [3.05, 3.63) is 64.2 Å². The molecule has 2 aromatic rings. The summed E-state index contributed by atoms with van der Waals surface area (Å²) in [5.41, 5.74) is 3.14. The van der Waals surface area contributed by atoms with Gasteiger partial charge in [0, 0.05) is 29.0 Å². The molecular weight excluding hydrogens is 288 g/mol. The molecule has 0 radical (unpaired) electrons. The molecule has 1 aliphatic rings. The second-order valence-corrected chi connectivity index (χ2v) is 5.23. The molecule has 0 aliphatic carbocycles. The zero-order valence-corrected chi connectivity index (χ0v) is 11.9. The summed E-state index contributed by atoms with van der Waals surface area (Å²) in [6.45, 7) is 1.05. The van der Waals surface area contributed by atoms with Crippen LogP contribution < -0.4 is 4.90 Å². The topological polar surface area (TPSA) is 52.9 Å². The Morgan fingerprint density at radius 1 is 1.29 bits per heavy atom. The molecule has 0 spiro atoms. The molecule has 0 atom stereocenters. The average Bonchev–Trinajstić information content (AvgIpc) is 2.49. The number of hydrogen-bond acceptors (Lipinski definition) is 3. The predicted octanol–water partition coefficient (Wildman–Crippen LogP) is 3.43. The molecule has 0 unspecified atom stereocenters. The molecular formula is C16H13ClN2O2. The number of carboxylic acid groups (broad SMARTS) is 1. The summed E-state index contributed by atoms with van der Waals surface area (Å²) in [5.74, 6) is -0.954. The van der Waals surface area contributed by atoms with E-state index in [2.05, 4.69) is 9.89 Å². The summed E-state index contributed by atoms with van der Waals surface area (Å²) in [4.78, 5) is 17.5. The van der Waals surface area contributed by atoms with E-state index in [9.17, 15) is 4.79 Å². The lowest BCUT2D eigenvalue weighted by Crippen LogP contribution is -2.26. The van der Waals surface area contributed by atoms with Gasteiger partial charge in [0.1, 0.15) is 6.67 Å². The lowest BCUT2D eigenvalue weighted by atomic mass is 10.1. The first-order valence-corrected chi connectivity index (χ1v) is 6.88. The minimum atomic E-state index is -0.954. The lowest BCUT2D eigenvalue weighted by molar-refractivity contribution is 0.0697. The SMILES string of the molecule is O=C(O)c1ccc(Cl)c(CN2CN=Cc3ccccc32)c1. The molecule has 1 aliphatic heterocycles. The number of benzene rings is 2. The molecule has 21 heavy (non-hydrogen) atoms. The standard InChI is InChI=1S/C16H13ClN2O2/c17-14-6-5-11(16(20)21)7-13(14)9-19-10-18-8-12-3-1-2-4-15(12)19/h1-8H,9-10H2,(H,20,21). The summed E-state index contributed by atoms with van der Waals surface area (Å²) < 4.78 is 0. The molecule has 1 heterocycles. The van der Waals surface area contributed by atoms with Crippen molar-refractivity contribution < 1.29 is 9.90 Å². The highest BCUT2D eigenvalue weighted by Crippen LogP contribution is 2.26. The molecule has 0 aromatic heterocycles.